The fourth-order valence-electron chi connectivity index (χ4n) is 3.30. The van der Waals surface area contributed by atoms with Gasteiger partial charge in [0.15, 0.2) is 11.0 Å². The first-order chi connectivity index (χ1) is 15.4. The standard InChI is InChI=1S/C23H21N3O4S2/c1-16-12-13-21(30-2)19(14-16)24-22(27)15-31-23-25-18-10-6-7-11-20(18)26(23)32(28,29)17-8-4-3-5-9-17/h3-14H,15H2,1-2H3,(H,24,27)/p+1. The fraction of sp³-hybridized carbons (Fsp3) is 0.130. The van der Waals surface area contributed by atoms with E-state index in [-0.39, 0.29) is 16.6 Å². The molecule has 32 heavy (non-hydrogen) atoms. The summed E-state index contributed by atoms with van der Waals surface area (Å²) in [5.41, 5.74) is 2.73. The van der Waals surface area contributed by atoms with Crippen LogP contribution in [0, 0.1) is 6.92 Å². The SMILES string of the molecule is COc1ccc(C)cc1NC(=O)CSc1[nH]c2ccccc2[n+]1S(=O)(=O)c1ccccc1. The van der Waals surface area contributed by atoms with Gasteiger partial charge in [-0.15, -0.1) is 3.97 Å². The molecule has 1 heterocycles. The second-order valence-electron chi connectivity index (χ2n) is 7.07. The zero-order valence-electron chi connectivity index (χ0n) is 17.5. The topological polar surface area (TPSA) is 92.1 Å². The van der Waals surface area contributed by atoms with Crippen LogP contribution < -0.4 is 14.0 Å². The summed E-state index contributed by atoms with van der Waals surface area (Å²) in [6.07, 6.45) is 0. The normalized spacial score (nSPS) is 11.4. The Kier molecular flexibility index (Phi) is 6.20. The van der Waals surface area contributed by atoms with Gasteiger partial charge in [-0.1, -0.05) is 36.4 Å². The molecule has 0 unspecified atom stereocenters. The number of fused-ring (bicyclic) bond motifs is 1. The number of hydrogen-bond acceptors (Lipinski definition) is 5. The van der Waals surface area contributed by atoms with Gasteiger partial charge in [-0.3, -0.25) is 4.79 Å². The second kappa shape index (κ2) is 9.05. The molecule has 0 aliphatic carbocycles. The maximum Gasteiger partial charge on any atom is 0.336 e. The van der Waals surface area contributed by atoms with Crippen LogP contribution in [-0.4, -0.2) is 32.2 Å². The van der Waals surface area contributed by atoms with E-state index in [0.29, 0.717) is 27.6 Å². The van der Waals surface area contributed by atoms with Crippen molar-refractivity contribution in [3.63, 3.8) is 0 Å². The number of H-pyrrole nitrogens is 1. The number of hydrogen-bond donors (Lipinski definition) is 2. The predicted molar refractivity (Wildman–Crippen MR) is 125 cm³/mol. The number of aromatic amines is 1. The number of nitrogens with one attached hydrogen (secondary N) is 2. The molecule has 4 rings (SSSR count). The monoisotopic (exact) mass is 468 g/mol. The largest absolute Gasteiger partial charge is 0.495 e. The summed E-state index contributed by atoms with van der Waals surface area (Å²) in [4.78, 5) is 16.0. The molecule has 0 atom stereocenters. The van der Waals surface area contributed by atoms with Crippen molar-refractivity contribution in [3.8, 4) is 5.75 Å². The smallest absolute Gasteiger partial charge is 0.336 e. The third kappa shape index (κ3) is 4.35. The zero-order valence-corrected chi connectivity index (χ0v) is 19.2. The number of benzene rings is 3. The van der Waals surface area contributed by atoms with Gasteiger partial charge in [0.2, 0.25) is 5.91 Å². The van der Waals surface area contributed by atoms with Crippen LogP contribution in [0.4, 0.5) is 5.69 Å². The Bertz CT molecular complexity index is 1380. The van der Waals surface area contributed by atoms with E-state index >= 15 is 0 Å². The number of methoxy groups -OCH3 is 1. The molecule has 0 saturated carbocycles. The fourth-order valence-corrected chi connectivity index (χ4v) is 5.89. The van der Waals surface area contributed by atoms with Crippen LogP contribution in [-0.2, 0) is 14.8 Å². The average molecular weight is 469 g/mol. The van der Waals surface area contributed by atoms with Gasteiger partial charge in [-0.05, 0) is 60.6 Å². The maximum absolute atomic E-state index is 13.4. The van der Waals surface area contributed by atoms with Gasteiger partial charge in [-0.2, -0.15) is 8.42 Å². The van der Waals surface area contributed by atoms with Crippen LogP contribution in [0.25, 0.3) is 11.0 Å². The van der Waals surface area contributed by atoms with Gasteiger partial charge in [0.1, 0.15) is 10.6 Å². The molecule has 0 radical (unpaired) electrons. The molecule has 0 aliphatic heterocycles. The summed E-state index contributed by atoms with van der Waals surface area (Å²) >= 11 is 1.11. The number of amides is 1. The minimum atomic E-state index is -3.86. The highest BCUT2D eigenvalue weighted by Gasteiger charge is 2.31. The van der Waals surface area contributed by atoms with Gasteiger partial charge in [-0.25, -0.2) is 4.98 Å². The number of imidazole rings is 1. The third-order valence-corrected chi connectivity index (χ3v) is 7.61. The lowest BCUT2D eigenvalue weighted by atomic mass is 10.2. The van der Waals surface area contributed by atoms with E-state index in [1.54, 1.807) is 54.6 Å². The number of aromatic nitrogens is 2. The highest BCUT2D eigenvalue weighted by Crippen LogP contribution is 2.26. The number of rotatable bonds is 7. The number of anilines is 1. The lowest BCUT2D eigenvalue weighted by Crippen LogP contribution is -2.44. The Morgan fingerprint density at radius 2 is 1.78 bits per heavy atom. The Morgan fingerprint density at radius 1 is 1.06 bits per heavy atom. The van der Waals surface area contributed by atoms with Gasteiger partial charge in [0.25, 0.3) is 0 Å². The Morgan fingerprint density at radius 3 is 2.53 bits per heavy atom. The van der Waals surface area contributed by atoms with Crippen LogP contribution >= 0.6 is 11.8 Å². The first kappa shape index (κ1) is 21.9. The van der Waals surface area contributed by atoms with Crippen molar-refractivity contribution in [2.24, 2.45) is 0 Å². The minimum absolute atomic E-state index is 0.00816. The van der Waals surface area contributed by atoms with Crippen molar-refractivity contribution in [1.29, 1.82) is 0 Å². The zero-order chi connectivity index (χ0) is 22.7. The summed E-state index contributed by atoms with van der Waals surface area (Å²) in [6.45, 7) is 1.92. The lowest BCUT2D eigenvalue weighted by Gasteiger charge is -2.10. The van der Waals surface area contributed by atoms with E-state index in [2.05, 4.69) is 10.3 Å². The van der Waals surface area contributed by atoms with Crippen molar-refractivity contribution in [1.82, 2.24) is 4.98 Å². The number of thioether (sulfide) groups is 1. The Balaban J connectivity index is 1.64. The molecule has 2 N–H and O–H groups in total. The molecule has 0 fully saturated rings. The third-order valence-electron chi connectivity index (χ3n) is 4.80. The molecule has 164 valence electrons. The minimum Gasteiger partial charge on any atom is -0.495 e. The molecule has 3 aromatic carbocycles. The molecule has 4 aromatic rings. The van der Waals surface area contributed by atoms with Gasteiger partial charge in [0, 0.05) is 0 Å². The molecule has 0 aliphatic rings. The van der Waals surface area contributed by atoms with Gasteiger partial charge >= 0.3 is 15.2 Å². The summed E-state index contributed by atoms with van der Waals surface area (Å²) in [7, 11) is -2.32. The molecule has 0 saturated heterocycles. The van der Waals surface area contributed by atoms with E-state index in [1.165, 1.54) is 11.1 Å². The van der Waals surface area contributed by atoms with E-state index in [1.807, 2.05) is 25.1 Å². The van der Waals surface area contributed by atoms with Crippen LogP contribution in [0.3, 0.4) is 0 Å². The quantitative estimate of drug-likeness (QED) is 0.318. The van der Waals surface area contributed by atoms with E-state index < -0.39 is 10.0 Å². The lowest BCUT2D eigenvalue weighted by molar-refractivity contribution is -0.526. The summed E-state index contributed by atoms with van der Waals surface area (Å²) in [5.74, 6) is 0.288. The van der Waals surface area contributed by atoms with Crippen LogP contribution in [0.2, 0.25) is 0 Å². The highest BCUT2D eigenvalue weighted by molar-refractivity contribution is 8.00. The first-order valence-corrected chi connectivity index (χ1v) is 12.2. The molecule has 9 heteroatoms. The Labute approximate surface area is 190 Å². The summed E-state index contributed by atoms with van der Waals surface area (Å²) in [6, 6.07) is 20.9. The highest BCUT2D eigenvalue weighted by atomic mass is 32.2. The molecule has 0 spiro atoms. The average Bonchev–Trinajstić information content (AvgIpc) is 3.18. The Hall–Kier alpha value is -3.30. The van der Waals surface area contributed by atoms with E-state index in [9.17, 15) is 13.2 Å². The first-order valence-electron chi connectivity index (χ1n) is 9.81. The number of para-hydroxylation sites is 2. The van der Waals surface area contributed by atoms with Crippen LogP contribution in [0.15, 0.2) is 82.8 Å². The number of carbonyl (C=O) groups excluding carboxylic acids is 1. The molecular formula is C23H22N3O4S2+. The van der Waals surface area contributed by atoms with Crippen molar-refractivity contribution < 1.29 is 21.9 Å². The second-order valence-corrected chi connectivity index (χ2v) is 9.82. The van der Waals surface area contributed by atoms with Crippen LogP contribution in [0.1, 0.15) is 5.56 Å². The summed E-state index contributed by atoms with van der Waals surface area (Å²) < 4.78 is 33.4. The van der Waals surface area contributed by atoms with Crippen molar-refractivity contribution in [2.45, 2.75) is 17.0 Å². The van der Waals surface area contributed by atoms with Crippen molar-refractivity contribution in [3.05, 3.63) is 78.4 Å². The number of aryl methyl sites for hydroxylation is 1. The molecule has 1 amide bonds. The van der Waals surface area contributed by atoms with E-state index in [4.69, 9.17) is 4.74 Å². The number of ether oxygens (including phenoxy) is 1. The molecule has 1 aromatic heterocycles. The van der Waals surface area contributed by atoms with Crippen molar-refractivity contribution >= 4 is 44.4 Å². The number of nitrogens with zero attached hydrogens (tertiary/aromatic N) is 1. The molecular weight excluding hydrogens is 446 g/mol. The molecule has 7 nitrogen and oxygen atoms in total. The van der Waals surface area contributed by atoms with Crippen LogP contribution in [0.5, 0.6) is 5.75 Å². The summed E-state index contributed by atoms with van der Waals surface area (Å²) in [5, 5.41) is 3.19. The van der Waals surface area contributed by atoms with Crippen molar-refractivity contribution in [2.75, 3.05) is 18.2 Å². The molecule has 0 bridgehead atoms. The predicted octanol–water partition coefficient (Wildman–Crippen LogP) is 3.74. The maximum atomic E-state index is 13.4. The van der Waals surface area contributed by atoms with Gasteiger partial charge < -0.3 is 10.1 Å². The van der Waals surface area contributed by atoms with Gasteiger partial charge in [0.05, 0.1) is 18.6 Å². The number of carbonyl (C=O) groups is 1. The van der Waals surface area contributed by atoms with E-state index in [0.717, 1.165) is 17.3 Å².